The van der Waals surface area contributed by atoms with Crippen molar-refractivity contribution >= 4 is 0 Å². The number of hydrogen-bond acceptors (Lipinski definition) is 5. The average molecular weight is 278 g/mol. The lowest BCUT2D eigenvalue weighted by Gasteiger charge is -2.41. The summed E-state index contributed by atoms with van der Waals surface area (Å²) in [5, 5.41) is 10.8. The minimum atomic E-state index is -0.987. The number of rotatable bonds is 1. The van der Waals surface area contributed by atoms with Gasteiger partial charge in [0.2, 0.25) is 0 Å². The number of aliphatic hydroxyl groups is 1. The van der Waals surface area contributed by atoms with Crippen LogP contribution >= 0.6 is 0 Å². The maximum atomic E-state index is 10.8. The van der Waals surface area contributed by atoms with E-state index in [2.05, 4.69) is 0 Å². The third-order valence-corrected chi connectivity index (χ3v) is 4.45. The van der Waals surface area contributed by atoms with Crippen LogP contribution in [0.25, 0.3) is 0 Å². The molecule has 1 aromatic rings. The van der Waals surface area contributed by atoms with Gasteiger partial charge in [-0.15, -0.1) is 0 Å². The molecule has 0 unspecified atom stereocenters. The van der Waals surface area contributed by atoms with Crippen molar-refractivity contribution in [3.05, 3.63) is 24.3 Å². The molecule has 2 fully saturated rings. The molecule has 5 heteroatoms. The minimum Gasteiger partial charge on any atom is -0.448 e. The van der Waals surface area contributed by atoms with Crippen LogP contribution in [0.1, 0.15) is 25.7 Å². The van der Waals surface area contributed by atoms with Crippen LogP contribution < -0.4 is 9.47 Å². The van der Waals surface area contributed by atoms with Crippen molar-refractivity contribution in [1.82, 2.24) is 0 Å². The Morgan fingerprint density at radius 1 is 0.900 bits per heavy atom. The van der Waals surface area contributed by atoms with Gasteiger partial charge < -0.3 is 24.1 Å². The van der Waals surface area contributed by atoms with E-state index in [1.807, 2.05) is 24.3 Å². The van der Waals surface area contributed by atoms with E-state index in [0.717, 1.165) is 0 Å². The molecule has 4 rings (SSSR count). The highest BCUT2D eigenvalue weighted by Gasteiger charge is 2.52. The van der Waals surface area contributed by atoms with Gasteiger partial charge in [0.05, 0.1) is 13.2 Å². The van der Waals surface area contributed by atoms with Gasteiger partial charge in [-0.1, -0.05) is 12.1 Å². The van der Waals surface area contributed by atoms with Crippen molar-refractivity contribution in [2.24, 2.45) is 0 Å². The van der Waals surface area contributed by atoms with Crippen LogP contribution in [0.2, 0.25) is 0 Å². The zero-order chi connectivity index (χ0) is 13.6. The van der Waals surface area contributed by atoms with Crippen molar-refractivity contribution in [1.29, 1.82) is 0 Å². The van der Waals surface area contributed by atoms with Gasteiger partial charge in [0.15, 0.2) is 17.3 Å². The topological polar surface area (TPSA) is 57.2 Å². The van der Waals surface area contributed by atoms with Gasteiger partial charge in [-0.25, -0.2) is 0 Å². The zero-order valence-corrected chi connectivity index (χ0v) is 11.2. The highest BCUT2D eigenvalue weighted by Crippen LogP contribution is 2.45. The molecule has 1 aliphatic carbocycles. The van der Waals surface area contributed by atoms with Crippen LogP contribution in [0, 0.1) is 0 Å². The first kappa shape index (κ1) is 12.4. The summed E-state index contributed by atoms with van der Waals surface area (Å²) in [6, 6.07) is 7.49. The van der Waals surface area contributed by atoms with Gasteiger partial charge in [0, 0.05) is 12.8 Å². The van der Waals surface area contributed by atoms with Crippen LogP contribution in [-0.2, 0) is 9.47 Å². The smallest absolute Gasteiger partial charge is 0.269 e. The molecule has 1 saturated carbocycles. The molecule has 0 bridgehead atoms. The van der Waals surface area contributed by atoms with E-state index in [-0.39, 0.29) is 0 Å². The molecule has 0 aromatic heterocycles. The molecule has 1 saturated heterocycles. The van der Waals surface area contributed by atoms with Crippen molar-refractivity contribution in [2.75, 3.05) is 13.2 Å². The second-order valence-electron chi connectivity index (χ2n) is 5.73. The molecule has 0 atom stereocenters. The lowest BCUT2D eigenvalue weighted by Crippen LogP contribution is -2.53. The Bertz CT molecular complexity index is 474. The highest BCUT2D eigenvalue weighted by molar-refractivity contribution is 5.42. The highest BCUT2D eigenvalue weighted by atomic mass is 16.7. The molecular weight excluding hydrogens is 260 g/mol. The van der Waals surface area contributed by atoms with Gasteiger partial charge in [-0.3, -0.25) is 0 Å². The standard InChI is InChI=1S/C15H18O5/c16-14(5-7-15(8-6-14)17-9-10-18-15)13-19-11-3-1-2-4-12(11)20-13/h1-4,13,16H,5-10H2. The number of fused-ring (bicyclic) bond motifs is 1. The SMILES string of the molecule is OC1(C2Oc3ccccc3O2)CCC2(CC1)OCCO2. The van der Waals surface area contributed by atoms with E-state index in [0.29, 0.717) is 50.4 Å². The average Bonchev–Trinajstić information content (AvgIpc) is 3.10. The molecule has 20 heavy (non-hydrogen) atoms. The Kier molecular flexibility index (Phi) is 2.70. The maximum absolute atomic E-state index is 10.8. The van der Waals surface area contributed by atoms with E-state index < -0.39 is 17.7 Å². The fourth-order valence-corrected chi connectivity index (χ4v) is 3.20. The summed E-state index contributed by atoms with van der Waals surface area (Å²) in [6.07, 6.45) is 1.79. The summed E-state index contributed by atoms with van der Waals surface area (Å²) < 4.78 is 22.9. The number of ether oxygens (including phenoxy) is 4. The Morgan fingerprint density at radius 2 is 1.45 bits per heavy atom. The summed E-state index contributed by atoms with van der Waals surface area (Å²) in [4.78, 5) is 0. The van der Waals surface area contributed by atoms with Crippen LogP contribution in [0.3, 0.4) is 0 Å². The van der Waals surface area contributed by atoms with Gasteiger partial charge >= 0.3 is 0 Å². The van der Waals surface area contributed by atoms with Crippen molar-refractivity contribution in [3.8, 4) is 11.5 Å². The maximum Gasteiger partial charge on any atom is 0.269 e. The summed E-state index contributed by atoms with van der Waals surface area (Å²) in [5.41, 5.74) is -0.987. The quantitative estimate of drug-likeness (QED) is 0.849. The Hall–Kier alpha value is -1.30. The van der Waals surface area contributed by atoms with E-state index in [1.165, 1.54) is 0 Å². The Balaban J connectivity index is 1.47. The molecule has 1 N–H and O–H groups in total. The lowest BCUT2D eigenvalue weighted by molar-refractivity contribution is -0.230. The Labute approximate surface area is 117 Å². The van der Waals surface area contributed by atoms with Gasteiger partial charge in [-0.2, -0.15) is 0 Å². The van der Waals surface area contributed by atoms with E-state index in [1.54, 1.807) is 0 Å². The first-order valence-electron chi connectivity index (χ1n) is 7.12. The fourth-order valence-electron chi connectivity index (χ4n) is 3.20. The first-order valence-corrected chi connectivity index (χ1v) is 7.12. The minimum absolute atomic E-state index is 0.488. The first-order chi connectivity index (χ1) is 9.69. The predicted octanol–water partition coefficient (Wildman–Crippen LogP) is 1.83. The summed E-state index contributed by atoms with van der Waals surface area (Å²) >= 11 is 0. The van der Waals surface area contributed by atoms with Crippen LogP contribution in [0.15, 0.2) is 24.3 Å². The van der Waals surface area contributed by atoms with Crippen LogP contribution in [0.4, 0.5) is 0 Å². The van der Waals surface area contributed by atoms with E-state index in [9.17, 15) is 5.11 Å². The van der Waals surface area contributed by atoms with E-state index in [4.69, 9.17) is 18.9 Å². The van der Waals surface area contributed by atoms with Crippen LogP contribution in [0.5, 0.6) is 11.5 Å². The zero-order valence-electron chi connectivity index (χ0n) is 11.2. The number of para-hydroxylation sites is 2. The van der Waals surface area contributed by atoms with Crippen molar-refractivity contribution < 1.29 is 24.1 Å². The molecular formula is C15H18O5. The molecule has 1 spiro atoms. The van der Waals surface area contributed by atoms with Gasteiger partial charge in [0.1, 0.15) is 5.60 Å². The van der Waals surface area contributed by atoms with Crippen molar-refractivity contribution in [3.63, 3.8) is 0 Å². The van der Waals surface area contributed by atoms with Crippen LogP contribution in [-0.4, -0.2) is 36.0 Å². The lowest BCUT2D eigenvalue weighted by atomic mass is 9.81. The van der Waals surface area contributed by atoms with E-state index >= 15 is 0 Å². The fraction of sp³-hybridized carbons (Fsp3) is 0.600. The molecule has 0 radical (unpaired) electrons. The second-order valence-corrected chi connectivity index (χ2v) is 5.73. The normalized spacial score (nSPS) is 27.1. The predicted molar refractivity (Wildman–Crippen MR) is 69.5 cm³/mol. The molecule has 108 valence electrons. The molecule has 5 nitrogen and oxygen atoms in total. The summed E-state index contributed by atoms with van der Waals surface area (Å²) in [6.45, 7) is 1.28. The third kappa shape index (κ3) is 1.89. The largest absolute Gasteiger partial charge is 0.448 e. The van der Waals surface area contributed by atoms with Gasteiger partial charge in [-0.05, 0) is 25.0 Å². The molecule has 1 aromatic carbocycles. The third-order valence-electron chi connectivity index (χ3n) is 4.45. The molecule has 2 heterocycles. The monoisotopic (exact) mass is 278 g/mol. The Morgan fingerprint density at radius 3 is 2.00 bits per heavy atom. The molecule has 0 amide bonds. The second kappa shape index (κ2) is 4.35. The van der Waals surface area contributed by atoms with Crippen molar-refractivity contribution in [2.45, 2.75) is 43.4 Å². The molecule has 2 aliphatic heterocycles. The molecule has 3 aliphatic rings. The van der Waals surface area contributed by atoms with Gasteiger partial charge in [0.25, 0.3) is 6.29 Å². The summed E-state index contributed by atoms with van der Waals surface area (Å²) in [5.74, 6) is 0.900. The summed E-state index contributed by atoms with van der Waals surface area (Å²) in [7, 11) is 0. The number of hydrogen-bond donors (Lipinski definition) is 1. The number of benzene rings is 1.